The van der Waals surface area contributed by atoms with Crippen LogP contribution in [-0.2, 0) is 19.6 Å². The Morgan fingerprint density at radius 2 is 2.00 bits per heavy atom. The lowest BCUT2D eigenvalue weighted by Gasteiger charge is -2.36. The van der Waals surface area contributed by atoms with Crippen LogP contribution >= 0.6 is 0 Å². The molecule has 0 radical (unpaired) electrons. The van der Waals surface area contributed by atoms with E-state index in [0.29, 0.717) is 42.4 Å². The molecule has 1 aromatic carbocycles. The summed E-state index contributed by atoms with van der Waals surface area (Å²) < 4.78 is 29.7. The van der Waals surface area contributed by atoms with Crippen LogP contribution in [-0.4, -0.2) is 68.1 Å². The van der Waals surface area contributed by atoms with E-state index in [2.05, 4.69) is 9.71 Å². The zero-order chi connectivity index (χ0) is 23.9. The highest BCUT2D eigenvalue weighted by atomic mass is 32.2. The van der Waals surface area contributed by atoms with Crippen LogP contribution in [0.15, 0.2) is 39.3 Å². The Labute approximate surface area is 192 Å². The van der Waals surface area contributed by atoms with E-state index in [-0.39, 0.29) is 30.3 Å². The number of rotatable bonds is 6. The molecule has 4 rings (SSSR count). The molecule has 0 bridgehead atoms. The fourth-order valence-corrected chi connectivity index (χ4v) is 5.62. The van der Waals surface area contributed by atoms with Crippen LogP contribution in [0, 0.1) is 11.8 Å². The molecule has 1 amide bonds. The van der Waals surface area contributed by atoms with Gasteiger partial charge in [0.2, 0.25) is 5.91 Å². The summed E-state index contributed by atoms with van der Waals surface area (Å²) in [6, 6.07) is 6.81. The first-order valence-electron chi connectivity index (χ1n) is 10.8. The van der Waals surface area contributed by atoms with Crippen molar-refractivity contribution in [2.75, 3.05) is 31.1 Å². The van der Waals surface area contributed by atoms with E-state index in [0.717, 1.165) is 0 Å². The summed E-state index contributed by atoms with van der Waals surface area (Å²) >= 11 is 0. The van der Waals surface area contributed by atoms with E-state index >= 15 is 0 Å². The maximum atomic E-state index is 13.5. The Morgan fingerprint density at radius 3 is 2.70 bits per heavy atom. The molecule has 0 spiro atoms. The third-order valence-electron chi connectivity index (χ3n) is 5.99. The molecule has 1 aromatic rings. The zero-order valence-corrected chi connectivity index (χ0v) is 19.3. The summed E-state index contributed by atoms with van der Waals surface area (Å²) in [5, 5.41) is 12.0. The van der Waals surface area contributed by atoms with E-state index in [1.165, 1.54) is 9.80 Å². The summed E-state index contributed by atoms with van der Waals surface area (Å²) in [5.74, 6) is -3.30. The number of para-hydroxylation sites is 1. The lowest BCUT2D eigenvalue weighted by atomic mass is 9.88. The summed E-state index contributed by atoms with van der Waals surface area (Å²) in [6.07, 6.45) is 0.956. The van der Waals surface area contributed by atoms with E-state index < -0.39 is 33.6 Å². The fraction of sp³-hybridized carbons (Fsp3) is 0.455. The van der Waals surface area contributed by atoms with Crippen LogP contribution in [0.4, 0.5) is 5.69 Å². The van der Waals surface area contributed by atoms with Crippen LogP contribution in [0.25, 0.3) is 0 Å². The zero-order valence-electron chi connectivity index (χ0n) is 18.4. The number of carboxylic acid groups (broad SMARTS) is 1. The van der Waals surface area contributed by atoms with Gasteiger partial charge in [-0.1, -0.05) is 26.0 Å². The van der Waals surface area contributed by atoms with Crippen LogP contribution in [0.5, 0.6) is 0 Å². The summed E-state index contributed by atoms with van der Waals surface area (Å²) in [6.45, 7) is 4.42. The molecular weight excluding hydrogens is 448 g/mol. The second-order valence-corrected chi connectivity index (χ2v) is 10.4. The molecule has 0 saturated heterocycles. The van der Waals surface area contributed by atoms with E-state index in [1.807, 2.05) is 13.8 Å². The normalized spacial score (nSPS) is 22.6. The van der Waals surface area contributed by atoms with Gasteiger partial charge < -0.3 is 15.3 Å². The summed E-state index contributed by atoms with van der Waals surface area (Å²) in [5.41, 5.74) is 1.23. The second-order valence-electron chi connectivity index (χ2n) is 8.82. The molecule has 0 fully saturated rings. The van der Waals surface area contributed by atoms with Gasteiger partial charge in [0.1, 0.15) is 10.7 Å². The maximum absolute atomic E-state index is 13.5. The number of carbonyl (C=O) groups excluding carboxylic acids is 2. The molecule has 1 atom stereocenters. The minimum atomic E-state index is -4.17. The highest BCUT2D eigenvalue weighted by Crippen LogP contribution is 2.34. The summed E-state index contributed by atoms with van der Waals surface area (Å²) in [4.78, 5) is 40.8. The SMILES string of the molecule is CC(C)CCN1C(=O)C(C2=NS(=O)(=O)C3=C(CCN(CC(=O)O)C3)N2)C(=O)c2ccccc21. The Bertz CT molecular complexity index is 1190. The number of nitrogens with zero attached hydrogens (tertiary/aromatic N) is 3. The third kappa shape index (κ3) is 4.42. The molecule has 0 aliphatic carbocycles. The van der Waals surface area contributed by atoms with Gasteiger partial charge in [0.05, 0.1) is 12.2 Å². The lowest BCUT2D eigenvalue weighted by Crippen LogP contribution is -2.53. The number of Topliss-reactive ketones (excluding diaryl/α,β-unsaturated/α-hetero) is 1. The molecule has 0 aromatic heterocycles. The van der Waals surface area contributed by atoms with Crippen molar-refractivity contribution in [2.24, 2.45) is 16.2 Å². The van der Waals surface area contributed by atoms with Gasteiger partial charge in [0, 0.05) is 37.3 Å². The number of hydrogen-bond acceptors (Lipinski definition) is 7. The van der Waals surface area contributed by atoms with E-state index in [1.54, 1.807) is 24.3 Å². The number of fused-ring (bicyclic) bond motifs is 1. The molecule has 3 heterocycles. The minimum absolute atomic E-state index is 0.0217. The van der Waals surface area contributed by atoms with Crippen LogP contribution < -0.4 is 10.2 Å². The quantitative estimate of drug-likeness (QED) is 0.587. The average molecular weight is 475 g/mol. The van der Waals surface area contributed by atoms with Crippen molar-refractivity contribution in [1.29, 1.82) is 0 Å². The first-order valence-corrected chi connectivity index (χ1v) is 12.2. The van der Waals surface area contributed by atoms with Gasteiger partial charge in [0.25, 0.3) is 10.0 Å². The van der Waals surface area contributed by atoms with Crippen molar-refractivity contribution in [3.63, 3.8) is 0 Å². The number of carbonyl (C=O) groups is 3. The first kappa shape index (κ1) is 23.1. The minimum Gasteiger partial charge on any atom is -0.480 e. The molecule has 1 unspecified atom stereocenters. The van der Waals surface area contributed by atoms with Crippen molar-refractivity contribution >= 4 is 39.2 Å². The van der Waals surface area contributed by atoms with Gasteiger partial charge in [-0.25, -0.2) is 0 Å². The van der Waals surface area contributed by atoms with Crippen LogP contribution in [0.2, 0.25) is 0 Å². The number of hydrogen-bond donors (Lipinski definition) is 2. The molecular formula is C22H26N4O6S. The third-order valence-corrected chi connectivity index (χ3v) is 7.42. The topological polar surface area (TPSA) is 136 Å². The number of ketones is 1. The second kappa shape index (κ2) is 8.71. The smallest absolute Gasteiger partial charge is 0.317 e. The van der Waals surface area contributed by atoms with Crippen molar-refractivity contribution < 1.29 is 27.9 Å². The highest BCUT2D eigenvalue weighted by molar-refractivity contribution is 7.94. The molecule has 3 aliphatic heterocycles. The number of amidine groups is 1. The predicted octanol–water partition coefficient (Wildman–Crippen LogP) is 1.21. The summed E-state index contributed by atoms with van der Waals surface area (Å²) in [7, 11) is -4.17. The number of nitrogens with one attached hydrogen (secondary N) is 1. The van der Waals surface area contributed by atoms with Crippen molar-refractivity contribution in [2.45, 2.75) is 26.7 Å². The van der Waals surface area contributed by atoms with Gasteiger partial charge in [-0.15, -0.1) is 4.40 Å². The number of sulfonamides is 1. The van der Waals surface area contributed by atoms with Crippen LogP contribution in [0.3, 0.4) is 0 Å². The van der Waals surface area contributed by atoms with Crippen LogP contribution in [0.1, 0.15) is 37.0 Å². The molecule has 3 aliphatic rings. The fourth-order valence-electron chi connectivity index (χ4n) is 4.29. The van der Waals surface area contributed by atoms with Gasteiger partial charge in [-0.3, -0.25) is 19.3 Å². The number of anilines is 1. The van der Waals surface area contributed by atoms with Gasteiger partial charge in [-0.05, 0) is 24.5 Å². The van der Waals surface area contributed by atoms with Crippen molar-refractivity contribution in [1.82, 2.24) is 10.2 Å². The Hall–Kier alpha value is -3.05. The molecule has 11 heteroatoms. The van der Waals surface area contributed by atoms with Crippen molar-refractivity contribution in [3.05, 3.63) is 40.4 Å². The molecule has 0 saturated carbocycles. The molecule has 33 heavy (non-hydrogen) atoms. The maximum Gasteiger partial charge on any atom is 0.317 e. The Kier molecular flexibility index (Phi) is 6.10. The largest absolute Gasteiger partial charge is 0.480 e. The number of benzene rings is 1. The first-order chi connectivity index (χ1) is 15.6. The van der Waals surface area contributed by atoms with Gasteiger partial charge in [0.15, 0.2) is 11.7 Å². The van der Waals surface area contributed by atoms with E-state index in [4.69, 9.17) is 5.11 Å². The molecule has 176 valence electrons. The molecule has 10 nitrogen and oxygen atoms in total. The number of carboxylic acids is 1. The van der Waals surface area contributed by atoms with E-state index in [9.17, 15) is 22.8 Å². The average Bonchev–Trinajstić information content (AvgIpc) is 2.73. The lowest BCUT2D eigenvalue weighted by molar-refractivity contribution is -0.138. The van der Waals surface area contributed by atoms with Crippen molar-refractivity contribution in [3.8, 4) is 0 Å². The van der Waals surface area contributed by atoms with Gasteiger partial charge >= 0.3 is 5.97 Å². The predicted molar refractivity (Wildman–Crippen MR) is 121 cm³/mol. The number of amides is 1. The molecule has 2 N–H and O–H groups in total. The standard InChI is InChI=1S/C22H26N4O6S/c1-13(2)7-10-26-16-6-4-3-5-14(16)20(29)19(22(26)30)21-23-15-8-9-25(12-18(27)28)11-17(15)33(31,32)24-21/h3-6,13,19H,7-12H2,1-2H3,(H,23,24)(H,27,28). The van der Waals surface area contributed by atoms with Gasteiger partial charge in [-0.2, -0.15) is 8.42 Å². The Morgan fingerprint density at radius 1 is 1.27 bits per heavy atom. The number of aliphatic carboxylic acids is 1. The monoisotopic (exact) mass is 474 g/mol. The Balaban J connectivity index is 1.68. The highest BCUT2D eigenvalue weighted by Gasteiger charge is 2.45.